The van der Waals surface area contributed by atoms with Gasteiger partial charge in [-0.1, -0.05) is 5.16 Å². The van der Waals surface area contributed by atoms with Crippen LogP contribution in [0.15, 0.2) is 33.7 Å². The van der Waals surface area contributed by atoms with Crippen molar-refractivity contribution < 1.29 is 4.52 Å². The van der Waals surface area contributed by atoms with Gasteiger partial charge in [0, 0.05) is 22.9 Å². The first-order valence-electron chi connectivity index (χ1n) is 6.37. The summed E-state index contributed by atoms with van der Waals surface area (Å²) in [6.07, 6.45) is 3.85. The van der Waals surface area contributed by atoms with Crippen molar-refractivity contribution in [3.05, 3.63) is 30.2 Å². The minimum Gasteiger partial charge on any atom is -0.339 e. The zero-order valence-electron chi connectivity index (χ0n) is 11.5. The van der Waals surface area contributed by atoms with Crippen molar-refractivity contribution in [1.82, 2.24) is 15.5 Å². The molecule has 0 radical (unpaired) electrons. The lowest BCUT2D eigenvalue weighted by Gasteiger charge is -2.06. The van der Waals surface area contributed by atoms with Gasteiger partial charge in [0.2, 0.25) is 11.7 Å². The third kappa shape index (κ3) is 3.81. The lowest BCUT2D eigenvalue weighted by atomic mass is 10.2. The molecular weight excluding hydrogens is 258 g/mol. The molecule has 0 saturated heterocycles. The molecule has 2 rings (SSSR count). The van der Waals surface area contributed by atoms with E-state index in [1.807, 2.05) is 19.2 Å². The first-order chi connectivity index (χ1) is 9.22. The summed E-state index contributed by atoms with van der Waals surface area (Å²) >= 11 is 1.72. The first-order valence-corrected chi connectivity index (χ1v) is 7.59. The minimum atomic E-state index is 0.455. The van der Waals surface area contributed by atoms with Gasteiger partial charge in [-0.15, -0.1) is 11.8 Å². The molecule has 2 aromatic rings. The number of rotatable bonds is 6. The molecule has 0 bridgehead atoms. The Balaban J connectivity index is 2.03. The molecule has 1 aromatic carbocycles. The van der Waals surface area contributed by atoms with Crippen LogP contribution in [-0.2, 0) is 6.42 Å². The SMILES string of the molecule is CNC(C)CCc1nc(-c2ccc(SC)cc2)no1. The van der Waals surface area contributed by atoms with Crippen LogP contribution in [0.25, 0.3) is 11.4 Å². The summed E-state index contributed by atoms with van der Waals surface area (Å²) < 4.78 is 5.28. The highest BCUT2D eigenvalue weighted by atomic mass is 32.2. The van der Waals surface area contributed by atoms with Gasteiger partial charge in [-0.2, -0.15) is 4.98 Å². The minimum absolute atomic E-state index is 0.455. The van der Waals surface area contributed by atoms with Crippen molar-refractivity contribution >= 4 is 11.8 Å². The topological polar surface area (TPSA) is 51.0 Å². The summed E-state index contributed by atoms with van der Waals surface area (Å²) in [5.74, 6) is 1.37. The van der Waals surface area contributed by atoms with E-state index in [0.717, 1.165) is 18.4 Å². The molecule has 0 spiro atoms. The molecule has 1 heterocycles. The highest BCUT2D eigenvalue weighted by Crippen LogP contribution is 2.21. The number of benzene rings is 1. The van der Waals surface area contributed by atoms with Crippen LogP contribution in [0.2, 0.25) is 0 Å². The molecule has 0 aliphatic heterocycles. The third-order valence-electron chi connectivity index (χ3n) is 3.10. The predicted octanol–water partition coefficient (Wildman–Crippen LogP) is 3.00. The van der Waals surface area contributed by atoms with E-state index in [-0.39, 0.29) is 0 Å². The largest absolute Gasteiger partial charge is 0.339 e. The summed E-state index contributed by atoms with van der Waals surface area (Å²) in [6, 6.07) is 8.64. The average Bonchev–Trinajstić information content (AvgIpc) is 2.93. The molecule has 0 amide bonds. The molecule has 1 atom stereocenters. The van der Waals surface area contributed by atoms with Crippen LogP contribution in [0.3, 0.4) is 0 Å². The van der Waals surface area contributed by atoms with Crippen LogP contribution < -0.4 is 5.32 Å². The predicted molar refractivity (Wildman–Crippen MR) is 78.4 cm³/mol. The number of hydrogen-bond donors (Lipinski definition) is 1. The summed E-state index contributed by atoms with van der Waals surface area (Å²) in [6.45, 7) is 2.14. The number of thioether (sulfide) groups is 1. The molecule has 4 nitrogen and oxygen atoms in total. The lowest BCUT2D eigenvalue weighted by Crippen LogP contribution is -2.21. The Labute approximate surface area is 118 Å². The standard InChI is InChI=1S/C14H19N3OS/c1-10(15-2)4-9-13-16-14(17-18-13)11-5-7-12(19-3)8-6-11/h5-8,10,15H,4,9H2,1-3H3. The molecule has 0 aliphatic carbocycles. The van der Waals surface area contributed by atoms with Crippen LogP contribution in [0, 0.1) is 0 Å². The van der Waals surface area contributed by atoms with Crippen molar-refractivity contribution in [2.45, 2.75) is 30.7 Å². The van der Waals surface area contributed by atoms with E-state index in [1.54, 1.807) is 11.8 Å². The Kier molecular flexibility index (Phi) is 4.99. The summed E-state index contributed by atoms with van der Waals surface area (Å²) in [5, 5.41) is 7.23. The zero-order valence-corrected chi connectivity index (χ0v) is 12.3. The average molecular weight is 277 g/mol. The molecular formula is C14H19N3OS. The monoisotopic (exact) mass is 277 g/mol. The van der Waals surface area contributed by atoms with E-state index in [4.69, 9.17) is 4.52 Å². The molecule has 102 valence electrons. The fourth-order valence-electron chi connectivity index (χ4n) is 1.70. The van der Waals surface area contributed by atoms with Gasteiger partial charge in [-0.25, -0.2) is 0 Å². The van der Waals surface area contributed by atoms with E-state index in [9.17, 15) is 0 Å². The third-order valence-corrected chi connectivity index (χ3v) is 3.84. The van der Waals surface area contributed by atoms with Crippen LogP contribution in [0.5, 0.6) is 0 Å². The van der Waals surface area contributed by atoms with Crippen molar-refractivity contribution in [3.63, 3.8) is 0 Å². The number of nitrogens with one attached hydrogen (secondary N) is 1. The molecule has 0 aliphatic rings. The van der Waals surface area contributed by atoms with Crippen LogP contribution >= 0.6 is 11.8 Å². The maximum Gasteiger partial charge on any atom is 0.227 e. The zero-order chi connectivity index (χ0) is 13.7. The van der Waals surface area contributed by atoms with E-state index in [0.29, 0.717) is 17.8 Å². The van der Waals surface area contributed by atoms with Gasteiger partial charge in [0.1, 0.15) is 0 Å². The summed E-state index contributed by atoms with van der Waals surface area (Å²) in [5.41, 5.74) is 0.995. The summed E-state index contributed by atoms with van der Waals surface area (Å²) in [7, 11) is 1.96. The lowest BCUT2D eigenvalue weighted by molar-refractivity contribution is 0.369. The van der Waals surface area contributed by atoms with Gasteiger partial charge < -0.3 is 9.84 Å². The van der Waals surface area contributed by atoms with Gasteiger partial charge in [-0.3, -0.25) is 0 Å². The Morgan fingerprint density at radius 2 is 2.05 bits per heavy atom. The van der Waals surface area contributed by atoms with Gasteiger partial charge in [0.15, 0.2) is 0 Å². The van der Waals surface area contributed by atoms with Crippen molar-refractivity contribution in [2.24, 2.45) is 0 Å². The number of aryl methyl sites for hydroxylation is 1. The quantitative estimate of drug-likeness (QED) is 0.823. The number of hydrogen-bond acceptors (Lipinski definition) is 5. The molecule has 5 heteroatoms. The Hall–Kier alpha value is -1.33. The van der Waals surface area contributed by atoms with E-state index in [2.05, 4.69) is 40.8 Å². The highest BCUT2D eigenvalue weighted by Gasteiger charge is 2.09. The van der Waals surface area contributed by atoms with Gasteiger partial charge >= 0.3 is 0 Å². The molecule has 1 N–H and O–H groups in total. The highest BCUT2D eigenvalue weighted by molar-refractivity contribution is 7.98. The molecule has 1 unspecified atom stereocenters. The Morgan fingerprint density at radius 3 is 2.68 bits per heavy atom. The van der Waals surface area contributed by atoms with Crippen molar-refractivity contribution in [2.75, 3.05) is 13.3 Å². The molecule has 1 aromatic heterocycles. The van der Waals surface area contributed by atoms with Gasteiger partial charge in [-0.05, 0) is 50.9 Å². The van der Waals surface area contributed by atoms with E-state index in [1.165, 1.54) is 4.90 Å². The van der Waals surface area contributed by atoms with Gasteiger partial charge in [0.05, 0.1) is 0 Å². The maximum absolute atomic E-state index is 5.28. The second kappa shape index (κ2) is 6.73. The second-order valence-corrected chi connectivity index (χ2v) is 5.35. The number of aromatic nitrogens is 2. The fourth-order valence-corrected chi connectivity index (χ4v) is 2.11. The maximum atomic E-state index is 5.28. The van der Waals surface area contributed by atoms with Crippen molar-refractivity contribution in [1.29, 1.82) is 0 Å². The van der Waals surface area contributed by atoms with Crippen LogP contribution in [0.4, 0.5) is 0 Å². The van der Waals surface area contributed by atoms with Crippen LogP contribution in [0.1, 0.15) is 19.2 Å². The molecule has 0 fully saturated rings. The normalized spacial score (nSPS) is 12.6. The van der Waals surface area contributed by atoms with Crippen LogP contribution in [-0.4, -0.2) is 29.5 Å². The van der Waals surface area contributed by atoms with Crippen molar-refractivity contribution in [3.8, 4) is 11.4 Å². The van der Waals surface area contributed by atoms with E-state index < -0.39 is 0 Å². The second-order valence-electron chi connectivity index (χ2n) is 4.47. The Bertz CT molecular complexity index is 510. The molecule has 19 heavy (non-hydrogen) atoms. The fraction of sp³-hybridized carbons (Fsp3) is 0.429. The number of nitrogens with zero attached hydrogens (tertiary/aromatic N) is 2. The summed E-state index contributed by atoms with van der Waals surface area (Å²) in [4.78, 5) is 5.66. The smallest absolute Gasteiger partial charge is 0.227 e. The molecule has 0 saturated carbocycles. The Morgan fingerprint density at radius 1 is 1.32 bits per heavy atom. The van der Waals surface area contributed by atoms with E-state index >= 15 is 0 Å². The van der Waals surface area contributed by atoms with Gasteiger partial charge in [0.25, 0.3) is 0 Å². The first kappa shape index (κ1) is 14.1.